The zero-order valence-electron chi connectivity index (χ0n) is 19.6. The Morgan fingerprint density at radius 3 is 2.50 bits per heavy atom. The van der Waals surface area contributed by atoms with Gasteiger partial charge in [0, 0.05) is 18.2 Å². The molecule has 2 N–H and O–H groups in total. The third-order valence-electron chi connectivity index (χ3n) is 6.58. The highest BCUT2D eigenvalue weighted by molar-refractivity contribution is 5.81. The summed E-state index contributed by atoms with van der Waals surface area (Å²) in [6.07, 6.45) is -0.855. The van der Waals surface area contributed by atoms with Gasteiger partial charge in [0.25, 0.3) is 0 Å². The SMILES string of the molecule is CC1CC(n2c(Nc3ccc(C(F)(F)F)cc3)nc3cc(CCC(=O)O)ccc32)CC(C)(C)C1. The predicted octanol–water partition coefficient (Wildman–Crippen LogP) is 7.20. The smallest absolute Gasteiger partial charge is 0.416 e. The highest BCUT2D eigenvalue weighted by atomic mass is 19.4. The Kier molecular flexibility index (Phi) is 6.36. The van der Waals surface area contributed by atoms with Crippen LogP contribution in [0, 0.1) is 11.3 Å². The number of benzene rings is 2. The molecule has 8 heteroatoms. The van der Waals surface area contributed by atoms with E-state index >= 15 is 0 Å². The Morgan fingerprint density at radius 1 is 1.18 bits per heavy atom. The summed E-state index contributed by atoms with van der Waals surface area (Å²) in [6, 6.07) is 11.0. The summed E-state index contributed by atoms with van der Waals surface area (Å²) < 4.78 is 41.1. The molecule has 0 spiro atoms. The molecule has 2 atom stereocenters. The summed E-state index contributed by atoms with van der Waals surface area (Å²) in [5, 5.41) is 12.3. The number of halogens is 3. The van der Waals surface area contributed by atoms with Gasteiger partial charge in [0.2, 0.25) is 5.95 Å². The maximum atomic E-state index is 13.0. The number of nitrogens with zero attached hydrogens (tertiary/aromatic N) is 2. The Morgan fingerprint density at radius 2 is 1.88 bits per heavy atom. The number of aromatic nitrogens is 2. The number of hydrogen-bond acceptors (Lipinski definition) is 3. The Hall–Kier alpha value is -3.03. The molecule has 5 nitrogen and oxygen atoms in total. The second-order valence-electron chi connectivity index (χ2n) is 10.3. The number of aliphatic carboxylic acids is 1. The van der Waals surface area contributed by atoms with Crippen LogP contribution in [0.2, 0.25) is 0 Å². The third-order valence-corrected chi connectivity index (χ3v) is 6.58. The highest BCUT2D eigenvalue weighted by Crippen LogP contribution is 2.46. The van der Waals surface area contributed by atoms with Crippen molar-refractivity contribution in [3.05, 3.63) is 53.6 Å². The number of carboxylic acid groups (broad SMARTS) is 1. The van der Waals surface area contributed by atoms with Gasteiger partial charge in [-0.05, 0) is 79.0 Å². The summed E-state index contributed by atoms with van der Waals surface area (Å²) in [6.45, 7) is 6.78. The Balaban J connectivity index is 1.74. The number of imidazole rings is 1. The third kappa shape index (κ3) is 5.37. The summed E-state index contributed by atoms with van der Waals surface area (Å²) in [5.74, 6) is 0.258. The van der Waals surface area contributed by atoms with E-state index in [2.05, 4.69) is 30.7 Å². The second kappa shape index (κ2) is 8.96. The fourth-order valence-electron chi connectivity index (χ4n) is 5.37. The van der Waals surface area contributed by atoms with Crippen molar-refractivity contribution in [2.75, 3.05) is 5.32 Å². The number of hydrogen-bond donors (Lipinski definition) is 2. The van der Waals surface area contributed by atoms with Gasteiger partial charge in [0.15, 0.2) is 0 Å². The van der Waals surface area contributed by atoms with Gasteiger partial charge in [0.1, 0.15) is 0 Å². The van der Waals surface area contributed by atoms with E-state index in [1.165, 1.54) is 12.1 Å². The first-order valence-electron chi connectivity index (χ1n) is 11.6. The molecule has 1 aliphatic rings. The molecule has 1 saturated carbocycles. The van der Waals surface area contributed by atoms with Crippen LogP contribution in [0.1, 0.15) is 63.6 Å². The van der Waals surface area contributed by atoms with Crippen LogP contribution in [0.5, 0.6) is 0 Å². The molecule has 4 rings (SSSR count). The van der Waals surface area contributed by atoms with E-state index in [4.69, 9.17) is 10.1 Å². The minimum Gasteiger partial charge on any atom is -0.481 e. The second-order valence-corrected chi connectivity index (χ2v) is 10.3. The monoisotopic (exact) mass is 473 g/mol. The number of fused-ring (bicyclic) bond motifs is 1. The van der Waals surface area contributed by atoms with E-state index < -0.39 is 17.7 Å². The van der Waals surface area contributed by atoms with Crippen molar-refractivity contribution in [2.24, 2.45) is 11.3 Å². The topological polar surface area (TPSA) is 67.2 Å². The molecule has 1 aromatic heterocycles. The quantitative estimate of drug-likeness (QED) is 0.397. The van der Waals surface area contributed by atoms with Crippen molar-refractivity contribution in [1.82, 2.24) is 9.55 Å². The number of anilines is 2. The summed E-state index contributed by atoms with van der Waals surface area (Å²) in [4.78, 5) is 15.8. The summed E-state index contributed by atoms with van der Waals surface area (Å²) >= 11 is 0. The fourth-order valence-corrected chi connectivity index (χ4v) is 5.37. The van der Waals surface area contributed by atoms with Crippen LogP contribution in [0.15, 0.2) is 42.5 Å². The minimum atomic E-state index is -4.39. The van der Waals surface area contributed by atoms with Crippen LogP contribution in [0.25, 0.3) is 11.0 Å². The lowest BCUT2D eigenvalue weighted by atomic mass is 9.70. The van der Waals surface area contributed by atoms with Crippen LogP contribution in [0.3, 0.4) is 0 Å². The molecule has 0 aliphatic heterocycles. The first-order valence-corrected chi connectivity index (χ1v) is 11.6. The van der Waals surface area contributed by atoms with Gasteiger partial charge < -0.3 is 15.0 Å². The van der Waals surface area contributed by atoms with Crippen LogP contribution in [-0.2, 0) is 17.4 Å². The van der Waals surface area contributed by atoms with Gasteiger partial charge in [-0.15, -0.1) is 0 Å². The molecule has 1 heterocycles. The van der Waals surface area contributed by atoms with Crippen molar-refractivity contribution in [3.63, 3.8) is 0 Å². The predicted molar refractivity (Wildman–Crippen MR) is 126 cm³/mol. The first kappa shape index (κ1) is 24.1. The molecule has 1 aliphatic carbocycles. The normalized spacial score (nSPS) is 20.4. The number of rotatable bonds is 6. The lowest BCUT2D eigenvalue weighted by Gasteiger charge is -2.40. The maximum Gasteiger partial charge on any atom is 0.416 e. The first-order chi connectivity index (χ1) is 15.9. The van der Waals surface area contributed by atoms with E-state index in [-0.39, 0.29) is 17.9 Å². The molecule has 0 bridgehead atoms. The van der Waals surface area contributed by atoms with Crippen molar-refractivity contribution < 1.29 is 23.1 Å². The van der Waals surface area contributed by atoms with Crippen LogP contribution < -0.4 is 5.32 Å². The van der Waals surface area contributed by atoms with Gasteiger partial charge in [-0.2, -0.15) is 13.2 Å². The van der Waals surface area contributed by atoms with E-state index in [1.807, 2.05) is 18.2 Å². The van der Waals surface area contributed by atoms with E-state index in [0.717, 1.165) is 48.0 Å². The lowest BCUT2D eigenvalue weighted by molar-refractivity contribution is -0.138. The van der Waals surface area contributed by atoms with Crippen molar-refractivity contribution in [2.45, 2.75) is 65.1 Å². The highest BCUT2D eigenvalue weighted by Gasteiger charge is 2.35. The molecule has 1 fully saturated rings. The van der Waals surface area contributed by atoms with E-state index in [0.29, 0.717) is 24.0 Å². The number of alkyl halides is 3. The fraction of sp³-hybridized carbons (Fsp3) is 0.462. The number of aryl methyl sites for hydroxylation is 1. The number of carbonyl (C=O) groups is 1. The molecule has 34 heavy (non-hydrogen) atoms. The van der Waals surface area contributed by atoms with Gasteiger partial charge >= 0.3 is 12.1 Å². The van der Waals surface area contributed by atoms with Crippen molar-refractivity contribution in [3.8, 4) is 0 Å². The Labute approximate surface area is 197 Å². The largest absolute Gasteiger partial charge is 0.481 e. The molecule has 0 saturated heterocycles. The molecule has 2 unspecified atom stereocenters. The van der Waals surface area contributed by atoms with Crippen LogP contribution >= 0.6 is 0 Å². The number of nitrogens with one attached hydrogen (secondary N) is 1. The molecule has 182 valence electrons. The summed E-state index contributed by atoms with van der Waals surface area (Å²) in [5.41, 5.74) is 2.55. The van der Waals surface area contributed by atoms with Crippen molar-refractivity contribution >= 4 is 28.6 Å². The van der Waals surface area contributed by atoms with Crippen molar-refractivity contribution in [1.29, 1.82) is 0 Å². The lowest BCUT2D eigenvalue weighted by Crippen LogP contribution is -2.29. The van der Waals surface area contributed by atoms with E-state index in [1.54, 1.807) is 0 Å². The number of carboxylic acids is 1. The molecular weight excluding hydrogens is 443 g/mol. The zero-order valence-corrected chi connectivity index (χ0v) is 19.6. The molecule has 0 radical (unpaired) electrons. The van der Waals surface area contributed by atoms with Gasteiger partial charge in [-0.1, -0.05) is 26.8 Å². The van der Waals surface area contributed by atoms with E-state index in [9.17, 15) is 18.0 Å². The van der Waals surface area contributed by atoms with Gasteiger partial charge in [-0.25, -0.2) is 4.98 Å². The standard InChI is InChI=1S/C26H30F3N3O2/c1-16-12-20(15-25(2,3)14-16)32-22-10-4-17(5-11-23(33)34)13-21(22)31-24(32)30-19-8-6-18(7-9-19)26(27,28)29/h4,6-10,13,16,20H,5,11-12,14-15H2,1-3H3,(H,30,31)(H,33,34). The van der Waals surface area contributed by atoms with Gasteiger partial charge in [-0.3, -0.25) is 4.79 Å². The molecule has 2 aromatic carbocycles. The maximum absolute atomic E-state index is 13.0. The summed E-state index contributed by atoms with van der Waals surface area (Å²) in [7, 11) is 0. The van der Waals surface area contributed by atoms with Crippen LogP contribution in [0.4, 0.5) is 24.8 Å². The zero-order chi connectivity index (χ0) is 24.7. The van der Waals surface area contributed by atoms with Crippen LogP contribution in [-0.4, -0.2) is 20.6 Å². The average Bonchev–Trinajstić information content (AvgIpc) is 3.07. The Bertz CT molecular complexity index is 1180. The average molecular weight is 474 g/mol. The molecule has 3 aromatic rings. The molecular formula is C26H30F3N3O2. The van der Waals surface area contributed by atoms with Gasteiger partial charge in [0.05, 0.1) is 16.6 Å². The molecule has 0 amide bonds. The minimum absolute atomic E-state index is 0.0389.